The molecule has 2 aromatic carbocycles. The van der Waals surface area contributed by atoms with Gasteiger partial charge in [0.05, 0.1) is 23.0 Å². The molecule has 2 aromatic heterocycles. The lowest BCUT2D eigenvalue weighted by Crippen LogP contribution is -2.07. The Kier molecular flexibility index (Phi) is 4.88. The highest BCUT2D eigenvalue weighted by Gasteiger charge is 2.10. The minimum atomic E-state index is -0.578. The van der Waals surface area contributed by atoms with Gasteiger partial charge in [-0.1, -0.05) is 24.3 Å². The summed E-state index contributed by atoms with van der Waals surface area (Å²) in [6.45, 7) is 0.494. The van der Waals surface area contributed by atoms with Crippen molar-refractivity contribution in [2.45, 2.75) is 13.2 Å². The molecular formula is C19H14F2N4OS. The van der Waals surface area contributed by atoms with Crippen LogP contribution in [0.5, 0.6) is 6.01 Å². The number of rotatable bonds is 6. The first-order valence-electron chi connectivity index (χ1n) is 8.15. The van der Waals surface area contributed by atoms with E-state index in [1.54, 1.807) is 12.1 Å². The summed E-state index contributed by atoms with van der Waals surface area (Å²) in [6.07, 6.45) is 1.05. The number of nitrogens with zero attached hydrogens (tertiary/aromatic N) is 3. The van der Waals surface area contributed by atoms with E-state index in [0.29, 0.717) is 6.54 Å². The molecule has 0 amide bonds. The maximum Gasteiger partial charge on any atom is 0.318 e. The first-order valence-corrected chi connectivity index (χ1v) is 8.97. The molecular weight excluding hydrogens is 370 g/mol. The normalized spacial score (nSPS) is 10.9. The molecule has 0 saturated heterocycles. The predicted molar refractivity (Wildman–Crippen MR) is 99.7 cm³/mol. The third kappa shape index (κ3) is 4.17. The fourth-order valence-corrected chi connectivity index (χ4v) is 3.33. The van der Waals surface area contributed by atoms with Gasteiger partial charge in [-0.3, -0.25) is 0 Å². The number of para-hydroxylation sites is 1. The van der Waals surface area contributed by atoms with Crippen LogP contribution in [-0.4, -0.2) is 15.0 Å². The quantitative estimate of drug-likeness (QED) is 0.528. The van der Waals surface area contributed by atoms with E-state index < -0.39 is 5.82 Å². The Morgan fingerprint density at radius 3 is 2.63 bits per heavy atom. The number of halogens is 2. The zero-order chi connectivity index (χ0) is 18.6. The van der Waals surface area contributed by atoms with Crippen LogP contribution in [0.25, 0.3) is 10.2 Å². The maximum atomic E-state index is 14.0. The molecule has 0 saturated carbocycles. The standard InChI is InChI=1S/C19H14F2N4OS/c20-13-7-5-12(6-8-13)11-26-19-23-9-14(21)18(25-19)22-10-17-24-15-3-1-2-4-16(15)27-17/h1-9H,10-11H2,(H,22,23,25). The molecule has 0 aliphatic carbocycles. The van der Waals surface area contributed by atoms with Crippen LogP contribution >= 0.6 is 11.3 Å². The van der Waals surface area contributed by atoms with Crippen LogP contribution in [0, 0.1) is 11.6 Å². The molecule has 2 heterocycles. The van der Waals surface area contributed by atoms with E-state index in [9.17, 15) is 8.78 Å². The SMILES string of the molecule is Fc1ccc(COc2ncc(F)c(NCc3nc4ccccc4s3)n2)cc1. The second-order valence-electron chi connectivity index (χ2n) is 5.69. The highest BCUT2D eigenvalue weighted by Crippen LogP contribution is 2.23. The summed E-state index contributed by atoms with van der Waals surface area (Å²) in [5, 5.41) is 3.75. The van der Waals surface area contributed by atoms with Gasteiger partial charge in [0, 0.05) is 0 Å². The lowest BCUT2D eigenvalue weighted by Gasteiger charge is -2.08. The summed E-state index contributed by atoms with van der Waals surface area (Å²) in [4.78, 5) is 12.4. The predicted octanol–water partition coefficient (Wildman–Crippen LogP) is 4.56. The van der Waals surface area contributed by atoms with Gasteiger partial charge in [-0.2, -0.15) is 4.98 Å². The van der Waals surface area contributed by atoms with Gasteiger partial charge in [0.15, 0.2) is 11.6 Å². The van der Waals surface area contributed by atoms with Gasteiger partial charge in [0.1, 0.15) is 17.4 Å². The molecule has 0 atom stereocenters. The molecule has 8 heteroatoms. The molecule has 4 aromatic rings. The van der Waals surface area contributed by atoms with Crippen LogP contribution in [0.15, 0.2) is 54.7 Å². The number of anilines is 1. The summed E-state index contributed by atoms with van der Waals surface area (Å²) in [5.74, 6) is -0.860. The van der Waals surface area contributed by atoms with Gasteiger partial charge in [-0.15, -0.1) is 11.3 Å². The number of benzene rings is 2. The van der Waals surface area contributed by atoms with Crippen molar-refractivity contribution in [3.05, 3.63) is 76.9 Å². The molecule has 1 N–H and O–H groups in total. The maximum absolute atomic E-state index is 14.0. The molecule has 5 nitrogen and oxygen atoms in total. The third-order valence-corrected chi connectivity index (χ3v) is 4.78. The Balaban J connectivity index is 1.42. The number of nitrogens with one attached hydrogen (secondary N) is 1. The molecule has 0 aliphatic rings. The Labute approximate surface area is 157 Å². The first kappa shape index (κ1) is 17.3. The van der Waals surface area contributed by atoms with Crippen LogP contribution in [0.3, 0.4) is 0 Å². The number of aromatic nitrogens is 3. The molecule has 0 unspecified atom stereocenters. The Hall–Kier alpha value is -3.13. The lowest BCUT2D eigenvalue weighted by molar-refractivity contribution is 0.279. The van der Waals surface area contributed by atoms with Gasteiger partial charge < -0.3 is 10.1 Å². The average Bonchev–Trinajstić information content (AvgIpc) is 3.10. The first-order chi connectivity index (χ1) is 13.2. The van der Waals surface area contributed by atoms with E-state index in [2.05, 4.69) is 20.3 Å². The van der Waals surface area contributed by atoms with Crippen molar-refractivity contribution in [2.24, 2.45) is 0 Å². The summed E-state index contributed by atoms with van der Waals surface area (Å²) >= 11 is 1.53. The fourth-order valence-electron chi connectivity index (χ4n) is 2.43. The van der Waals surface area contributed by atoms with E-state index in [0.717, 1.165) is 27.0 Å². The van der Waals surface area contributed by atoms with Crippen LogP contribution in [0.2, 0.25) is 0 Å². The largest absolute Gasteiger partial charge is 0.459 e. The van der Waals surface area contributed by atoms with E-state index in [-0.39, 0.29) is 24.3 Å². The van der Waals surface area contributed by atoms with Gasteiger partial charge in [-0.25, -0.2) is 18.7 Å². The molecule has 27 heavy (non-hydrogen) atoms. The summed E-state index contributed by atoms with van der Waals surface area (Å²) in [6, 6.07) is 13.7. The Morgan fingerprint density at radius 2 is 1.81 bits per heavy atom. The van der Waals surface area contributed by atoms with Crippen LogP contribution in [0.1, 0.15) is 10.6 Å². The molecule has 136 valence electrons. The van der Waals surface area contributed by atoms with Crippen molar-refractivity contribution in [1.29, 1.82) is 0 Å². The van der Waals surface area contributed by atoms with Crippen molar-refractivity contribution in [2.75, 3.05) is 5.32 Å². The van der Waals surface area contributed by atoms with Crippen molar-refractivity contribution < 1.29 is 13.5 Å². The summed E-state index contributed by atoms with van der Waals surface area (Å²) < 4.78 is 33.4. The van der Waals surface area contributed by atoms with Gasteiger partial charge in [0.25, 0.3) is 0 Å². The van der Waals surface area contributed by atoms with Gasteiger partial charge in [0.2, 0.25) is 0 Å². The molecule has 0 spiro atoms. The molecule has 0 bridgehead atoms. The average molecular weight is 384 g/mol. The fraction of sp³-hybridized carbons (Fsp3) is 0.105. The van der Waals surface area contributed by atoms with Crippen molar-refractivity contribution >= 4 is 27.4 Å². The third-order valence-electron chi connectivity index (χ3n) is 3.75. The van der Waals surface area contributed by atoms with Gasteiger partial charge >= 0.3 is 6.01 Å². The zero-order valence-corrected chi connectivity index (χ0v) is 14.8. The number of fused-ring (bicyclic) bond motifs is 1. The summed E-state index contributed by atoms with van der Waals surface area (Å²) in [5.41, 5.74) is 1.67. The topological polar surface area (TPSA) is 59.9 Å². The second kappa shape index (κ2) is 7.63. The number of ether oxygens (including phenoxy) is 1. The number of hydrogen-bond donors (Lipinski definition) is 1. The minimum Gasteiger partial charge on any atom is -0.459 e. The van der Waals surface area contributed by atoms with E-state index in [1.807, 2.05) is 24.3 Å². The van der Waals surface area contributed by atoms with Crippen molar-refractivity contribution in [3.63, 3.8) is 0 Å². The number of hydrogen-bond acceptors (Lipinski definition) is 6. The van der Waals surface area contributed by atoms with E-state index >= 15 is 0 Å². The van der Waals surface area contributed by atoms with Crippen LogP contribution in [0.4, 0.5) is 14.6 Å². The van der Waals surface area contributed by atoms with E-state index in [1.165, 1.54) is 23.5 Å². The molecule has 0 fully saturated rings. The van der Waals surface area contributed by atoms with Gasteiger partial charge in [-0.05, 0) is 29.8 Å². The van der Waals surface area contributed by atoms with Crippen molar-refractivity contribution in [3.8, 4) is 6.01 Å². The molecule has 0 aliphatic heterocycles. The van der Waals surface area contributed by atoms with Crippen LogP contribution < -0.4 is 10.1 Å². The highest BCUT2D eigenvalue weighted by atomic mass is 32.1. The van der Waals surface area contributed by atoms with Crippen molar-refractivity contribution in [1.82, 2.24) is 15.0 Å². The second-order valence-corrected chi connectivity index (χ2v) is 6.81. The highest BCUT2D eigenvalue weighted by molar-refractivity contribution is 7.18. The monoisotopic (exact) mass is 384 g/mol. The van der Waals surface area contributed by atoms with Crippen LogP contribution in [-0.2, 0) is 13.2 Å². The number of thiazole rings is 1. The Morgan fingerprint density at radius 1 is 1.00 bits per heavy atom. The smallest absolute Gasteiger partial charge is 0.318 e. The molecule has 0 radical (unpaired) electrons. The zero-order valence-electron chi connectivity index (χ0n) is 14.0. The molecule has 4 rings (SSSR count). The van der Waals surface area contributed by atoms with E-state index in [4.69, 9.17) is 4.74 Å². The Bertz CT molecular complexity index is 1040. The lowest BCUT2D eigenvalue weighted by atomic mass is 10.2. The summed E-state index contributed by atoms with van der Waals surface area (Å²) in [7, 11) is 0. The minimum absolute atomic E-state index is 0.0347.